The van der Waals surface area contributed by atoms with Crippen molar-refractivity contribution in [2.75, 3.05) is 5.32 Å². The van der Waals surface area contributed by atoms with Crippen LogP contribution in [0, 0.1) is 11.3 Å². The van der Waals surface area contributed by atoms with Gasteiger partial charge in [0.25, 0.3) is 0 Å². The highest BCUT2D eigenvalue weighted by atomic mass is 16.1. The summed E-state index contributed by atoms with van der Waals surface area (Å²) in [5.41, 5.74) is 5.97. The molecule has 5 aromatic rings. The molecule has 0 unspecified atom stereocenters. The van der Waals surface area contributed by atoms with Gasteiger partial charge < -0.3 is 9.88 Å². The Balaban J connectivity index is 1.46. The van der Waals surface area contributed by atoms with Gasteiger partial charge in [-0.2, -0.15) is 5.26 Å². The van der Waals surface area contributed by atoms with Crippen molar-refractivity contribution in [1.82, 2.24) is 14.5 Å². The molecule has 0 saturated carbocycles. The van der Waals surface area contributed by atoms with E-state index in [1.807, 2.05) is 77.4 Å². The van der Waals surface area contributed by atoms with E-state index < -0.39 is 0 Å². The van der Waals surface area contributed by atoms with Gasteiger partial charge in [-0.05, 0) is 71.3 Å². The number of nitriles is 1. The fourth-order valence-corrected chi connectivity index (χ4v) is 3.96. The second-order valence-corrected chi connectivity index (χ2v) is 7.58. The maximum atomic E-state index is 12.4. The molecule has 1 amide bonds. The van der Waals surface area contributed by atoms with Gasteiger partial charge in [0.15, 0.2) is 0 Å². The molecular formula is C27H19N5O. The third-order valence-electron chi connectivity index (χ3n) is 5.45. The van der Waals surface area contributed by atoms with Crippen molar-refractivity contribution in [1.29, 1.82) is 5.26 Å². The summed E-state index contributed by atoms with van der Waals surface area (Å²) in [4.78, 5) is 20.5. The SMILES string of the molecule is N#Cc1cc2c(-c3ccncc3)cccc2n1-c1ccc(NC(=O)Cc2cccnc2)cc1. The lowest BCUT2D eigenvalue weighted by atomic mass is 10.0. The minimum atomic E-state index is -0.109. The van der Waals surface area contributed by atoms with Gasteiger partial charge in [-0.1, -0.05) is 18.2 Å². The molecule has 0 fully saturated rings. The van der Waals surface area contributed by atoms with E-state index >= 15 is 0 Å². The average Bonchev–Trinajstić information content (AvgIpc) is 3.24. The van der Waals surface area contributed by atoms with Crippen molar-refractivity contribution < 1.29 is 4.79 Å². The molecule has 3 heterocycles. The normalized spacial score (nSPS) is 10.6. The summed E-state index contributed by atoms with van der Waals surface area (Å²) in [6.07, 6.45) is 7.15. The van der Waals surface area contributed by atoms with Crippen LogP contribution in [0.4, 0.5) is 5.69 Å². The summed E-state index contributed by atoms with van der Waals surface area (Å²) in [6, 6.07) is 25.4. The number of carbonyl (C=O) groups excluding carboxylic acids is 1. The topological polar surface area (TPSA) is 83.6 Å². The Bertz CT molecular complexity index is 1470. The number of carbonyl (C=O) groups is 1. The van der Waals surface area contributed by atoms with E-state index in [2.05, 4.69) is 21.4 Å². The molecule has 0 bridgehead atoms. The number of anilines is 1. The zero-order valence-corrected chi connectivity index (χ0v) is 17.6. The van der Waals surface area contributed by atoms with Gasteiger partial charge in [-0.3, -0.25) is 14.8 Å². The molecule has 33 heavy (non-hydrogen) atoms. The predicted octanol–water partition coefficient (Wildman–Crippen LogP) is 5.14. The molecule has 0 spiro atoms. The van der Waals surface area contributed by atoms with Crippen LogP contribution in [0.2, 0.25) is 0 Å². The fraction of sp³-hybridized carbons (Fsp3) is 0.0370. The summed E-state index contributed by atoms with van der Waals surface area (Å²) in [5.74, 6) is -0.109. The average molecular weight is 429 g/mol. The monoisotopic (exact) mass is 429 g/mol. The maximum Gasteiger partial charge on any atom is 0.228 e. The van der Waals surface area contributed by atoms with Crippen LogP contribution in [0.3, 0.4) is 0 Å². The van der Waals surface area contributed by atoms with Gasteiger partial charge in [0.2, 0.25) is 5.91 Å². The molecule has 6 nitrogen and oxygen atoms in total. The zero-order valence-electron chi connectivity index (χ0n) is 17.6. The summed E-state index contributed by atoms with van der Waals surface area (Å²) < 4.78 is 1.93. The number of aromatic nitrogens is 3. The fourth-order valence-electron chi connectivity index (χ4n) is 3.96. The van der Waals surface area contributed by atoms with Gasteiger partial charge in [0.1, 0.15) is 11.8 Å². The van der Waals surface area contributed by atoms with Crippen molar-refractivity contribution in [2.45, 2.75) is 6.42 Å². The molecule has 0 atom stereocenters. The first-order chi connectivity index (χ1) is 16.2. The van der Waals surface area contributed by atoms with Gasteiger partial charge in [0, 0.05) is 41.5 Å². The second kappa shape index (κ2) is 8.77. The highest BCUT2D eigenvalue weighted by Crippen LogP contribution is 2.32. The van der Waals surface area contributed by atoms with E-state index in [4.69, 9.17) is 0 Å². The van der Waals surface area contributed by atoms with E-state index in [0.29, 0.717) is 11.4 Å². The number of rotatable bonds is 5. The Morgan fingerprint density at radius 1 is 0.939 bits per heavy atom. The first-order valence-electron chi connectivity index (χ1n) is 10.5. The quantitative estimate of drug-likeness (QED) is 0.419. The molecule has 5 rings (SSSR count). The highest BCUT2D eigenvalue weighted by molar-refractivity contribution is 5.97. The van der Waals surface area contributed by atoms with E-state index in [1.165, 1.54) is 0 Å². The number of pyridine rings is 2. The Morgan fingerprint density at radius 2 is 1.76 bits per heavy atom. The largest absolute Gasteiger partial charge is 0.326 e. The molecule has 2 aromatic carbocycles. The van der Waals surface area contributed by atoms with Crippen LogP contribution in [0.25, 0.3) is 27.7 Å². The third-order valence-corrected chi connectivity index (χ3v) is 5.45. The minimum absolute atomic E-state index is 0.109. The molecule has 0 saturated heterocycles. The van der Waals surface area contributed by atoms with Crippen LogP contribution in [0.1, 0.15) is 11.3 Å². The van der Waals surface area contributed by atoms with E-state index in [9.17, 15) is 10.1 Å². The lowest BCUT2D eigenvalue weighted by Gasteiger charge is -2.10. The van der Waals surface area contributed by atoms with E-state index in [1.54, 1.807) is 24.8 Å². The highest BCUT2D eigenvalue weighted by Gasteiger charge is 2.14. The van der Waals surface area contributed by atoms with Crippen molar-refractivity contribution in [3.8, 4) is 22.9 Å². The first kappa shape index (κ1) is 20.2. The van der Waals surface area contributed by atoms with Crippen molar-refractivity contribution in [2.24, 2.45) is 0 Å². The Hall–Kier alpha value is -4.76. The molecule has 1 N–H and O–H groups in total. The number of hydrogen-bond donors (Lipinski definition) is 1. The summed E-state index contributed by atoms with van der Waals surface area (Å²) in [7, 11) is 0. The summed E-state index contributed by atoms with van der Waals surface area (Å²) in [5, 5.41) is 13.7. The predicted molar refractivity (Wildman–Crippen MR) is 128 cm³/mol. The van der Waals surface area contributed by atoms with E-state index in [-0.39, 0.29) is 12.3 Å². The van der Waals surface area contributed by atoms with Crippen LogP contribution in [-0.2, 0) is 11.2 Å². The van der Waals surface area contributed by atoms with Crippen LogP contribution in [-0.4, -0.2) is 20.4 Å². The molecule has 0 aliphatic carbocycles. The second-order valence-electron chi connectivity index (χ2n) is 7.58. The van der Waals surface area contributed by atoms with Gasteiger partial charge in [-0.25, -0.2) is 0 Å². The lowest BCUT2D eigenvalue weighted by molar-refractivity contribution is -0.115. The van der Waals surface area contributed by atoms with Crippen LogP contribution in [0.15, 0.2) is 97.6 Å². The summed E-state index contributed by atoms with van der Waals surface area (Å²) in [6.45, 7) is 0. The van der Waals surface area contributed by atoms with Crippen LogP contribution in [0.5, 0.6) is 0 Å². The standard InChI is InChI=1S/C27H19N5O/c28-17-23-16-25-24(20-10-13-29-14-11-20)4-1-5-26(25)32(23)22-8-6-21(7-9-22)31-27(33)15-19-3-2-12-30-18-19/h1-14,16,18H,15H2,(H,31,33). The number of hydrogen-bond acceptors (Lipinski definition) is 4. The Morgan fingerprint density at radius 3 is 2.48 bits per heavy atom. The van der Waals surface area contributed by atoms with E-state index in [0.717, 1.165) is 33.3 Å². The van der Waals surface area contributed by atoms with Crippen molar-refractivity contribution in [3.05, 3.63) is 109 Å². The number of amides is 1. The maximum absolute atomic E-state index is 12.4. The van der Waals surface area contributed by atoms with Gasteiger partial charge >= 0.3 is 0 Å². The van der Waals surface area contributed by atoms with Crippen molar-refractivity contribution in [3.63, 3.8) is 0 Å². The summed E-state index contributed by atoms with van der Waals surface area (Å²) >= 11 is 0. The van der Waals surface area contributed by atoms with Crippen molar-refractivity contribution >= 4 is 22.5 Å². The molecule has 0 radical (unpaired) electrons. The zero-order chi connectivity index (χ0) is 22.6. The van der Waals surface area contributed by atoms with Gasteiger partial charge in [-0.15, -0.1) is 0 Å². The number of fused-ring (bicyclic) bond motifs is 1. The lowest BCUT2D eigenvalue weighted by Crippen LogP contribution is -2.14. The number of nitrogens with one attached hydrogen (secondary N) is 1. The molecule has 0 aliphatic rings. The molecule has 3 aromatic heterocycles. The molecule has 158 valence electrons. The first-order valence-corrected chi connectivity index (χ1v) is 10.5. The number of nitrogens with zero attached hydrogens (tertiary/aromatic N) is 4. The van der Waals surface area contributed by atoms with Crippen LogP contribution < -0.4 is 5.32 Å². The molecule has 6 heteroatoms. The Labute approximate surface area is 190 Å². The van der Waals surface area contributed by atoms with Crippen LogP contribution >= 0.6 is 0 Å². The van der Waals surface area contributed by atoms with Gasteiger partial charge in [0.05, 0.1) is 11.9 Å². The smallest absolute Gasteiger partial charge is 0.228 e. The Kier molecular flexibility index (Phi) is 5.36. The number of benzene rings is 2. The minimum Gasteiger partial charge on any atom is -0.326 e. The molecule has 0 aliphatic heterocycles. The molecular weight excluding hydrogens is 410 g/mol. The third kappa shape index (κ3) is 4.08.